The molecule has 4 rings (SSSR count). The standard InChI is InChI=1S/C18H20N4O5S2/c1-6-9(12(17(25)26)22-11(6)10(8(3)23)14(22)24)13-7(2)20-5-21(18(19)27)15(28-4)16(20)29-13/h5-6,8,10-11,23H,1-4H3,(H2-,19,25,26,27)/p+1/t6-,8+,10+,11+/m0/s1. The van der Waals surface area contributed by atoms with Gasteiger partial charge in [0.1, 0.15) is 11.4 Å². The number of aromatic nitrogens is 2. The summed E-state index contributed by atoms with van der Waals surface area (Å²) in [5.74, 6) is -2.38. The fraction of sp³-hybridized carbons (Fsp3) is 0.444. The van der Waals surface area contributed by atoms with E-state index in [9.17, 15) is 24.6 Å². The number of nitrogens with zero attached hydrogens (tertiary/aromatic N) is 3. The minimum absolute atomic E-state index is 0.0227. The van der Waals surface area contributed by atoms with Crippen LogP contribution in [0, 0.1) is 18.8 Å². The third-order valence-corrected chi connectivity index (χ3v) is 8.00. The molecule has 2 amide bonds. The van der Waals surface area contributed by atoms with Crippen molar-refractivity contribution in [2.75, 3.05) is 6.26 Å². The number of carbonyl (C=O) groups is 3. The van der Waals surface area contributed by atoms with E-state index in [-0.39, 0.29) is 23.6 Å². The number of carbonyl (C=O) groups excluding carboxylic acids is 2. The molecule has 4 heterocycles. The first kappa shape index (κ1) is 19.9. The topological polar surface area (TPSA) is 130 Å². The van der Waals surface area contributed by atoms with Gasteiger partial charge in [-0.05, 0) is 20.1 Å². The molecular weight excluding hydrogens is 416 g/mol. The van der Waals surface area contributed by atoms with Gasteiger partial charge in [0, 0.05) is 11.5 Å². The van der Waals surface area contributed by atoms with Crippen LogP contribution in [-0.2, 0) is 9.59 Å². The van der Waals surface area contributed by atoms with Gasteiger partial charge in [-0.3, -0.25) is 4.79 Å². The van der Waals surface area contributed by atoms with Crippen molar-refractivity contribution in [2.24, 2.45) is 17.6 Å². The van der Waals surface area contributed by atoms with E-state index in [1.807, 2.05) is 24.5 Å². The van der Waals surface area contributed by atoms with Crippen molar-refractivity contribution in [3.05, 3.63) is 22.6 Å². The number of aryl methyl sites for hydroxylation is 1. The van der Waals surface area contributed by atoms with Gasteiger partial charge < -0.3 is 20.8 Å². The number of carboxylic acid groups (broad SMARTS) is 1. The Hall–Kier alpha value is -2.37. The van der Waals surface area contributed by atoms with Crippen molar-refractivity contribution >= 4 is 51.4 Å². The second kappa shape index (κ2) is 6.57. The maximum Gasteiger partial charge on any atom is 0.411 e. The monoisotopic (exact) mass is 437 g/mol. The van der Waals surface area contributed by atoms with Gasteiger partial charge in [0.2, 0.25) is 15.8 Å². The minimum Gasteiger partial charge on any atom is -0.477 e. The van der Waals surface area contributed by atoms with Crippen LogP contribution in [0.2, 0.25) is 0 Å². The molecule has 0 bridgehead atoms. The molecule has 0 unspecified atom stereocenters. The van der Waals surface area contributed by atoms with Crippen LogP contribution < -0.4 is 10.1 Å². The van der Waals surface area contributed by atoms with Crippen molar-refractivity contribution in [3.63, 3.8) is 0 Å². The molecule has 4 N–H and O–H groups in total. The molecule has 11 heteroatoms. The normalized spacial score (nSPS) is 24.8. The summed E-state index contributed by atoms with van der Waals surface area (Å²) in [7, 11) is 0. The maximum atomic E-state index is 12.6. The number of fused-ring (bicyclic) bond motifs is 2. The highest BCUT2D eigenvalue weighted by atomic mass is 32.2. The number of carboxylic acids is 1. The highest BCUT2D eigenvalue weighted by Crippen LogP contribution is 2.52. The number of aliphatic hydroxyl groups is 1. The summed E-state index contributed by atoms with van der Waals surface area (Å²) < 4.78 is 3.18. The predicted molar refractivity (Wildman–Crippen MR) is 106 cm³/mol. The number of hydrogen-bond donors (Lipinski definition) is 3. The number of rotatable bonds is 4. The van der Waals surface area contributed by atoms with Gasteiger partial charge in [0.05, 0.1) is 22.9 Å². The number of β-lactam (4-membered cyclic amide) rings is 1. The molecule has 9 nitrogen and oxygen atoms in total. The van der Waals surface area contributed by atoms with E-state index in [0.717, 1.165) is 15.4 Å². The number of amides is 2. The van der Waals surface area contributed by atoms with Gasteiger partial charge in [-0.15, -0.1) is 4.57 Å². The molecule has 0 aliphatic carbocycles. The SMILES string of the molecule is CSc1c2sc(C3=C(C(=O)O)N4C(=O)[C@H]([C@@H](C)O)[C@H]4[C@H]3C)c(C)[n+]2cn1C(N)=O. The molecule has 1 saturated heterocycles. The minimum atomic E-state index is -1.17. The lowest BCUT2D eigenvalue weighted by molar-refractivity contribution is -0.515. The van der Waals surface area contributed by atoms with Gasteiger partial charge in [-0.1, -0.05) is 30.0 Å². The van der Waals surface area contributed by atoms with Gasteiger partial charge in [0.15, 0.2) is 0 Å². The number of nitrogens with two attached hydrogens (primary N) is 1. The highest BCUT2D eigenvalue weighted by Gasteiger charge is 2.60. The molecule has 2 aromatic rings. The molecule has 2 aliphatic rings. The van der Waals surface area contributed by atoms with Crippen LogP contribution in [0.15, 0.2) is 17.1 Å². The molecule has 2 aromatic heterocycles. The molecule has 1 fully saturated rings. The molecule has 29 heavy (non-hydrogen) atoms. The largest absolute Gasteiger partial charge is 0.477 e. The zero-order valence-corrected chi connectivity index (χ0v) is 17.9. The third-order valence-electron chi connectivity index (χ3n) is 5.79. The van der Waals surface area contributed by atoms with E-state index in [0.29, 0.717) is 10.6 Å². The first-order valence-electron chi connectivity index (χ1n) is 9.00. The Labute approximate surface area is 174 Å². The van der Waals surface area contributed by atoms with Crippen molar-refractivity contribution in [3.8, 4) is 0 Å². The van der Waals surface area contributed by atoms with E-state index in [2.05, 4.69) is 0 Å². The number of aliphatic carboxylic acids is 1. The second-order valence-corrected chi connectivity index (χ2v) is 9.14. The van der Waals surface area contributed by atoms with Gasteiger partial charge in [-0.25, -0.2) is 9.59 Å². The zero-order valence-electron chi connectivity index (χ0n) is 16.2. The number of thiazole rings is 1. The quantitative estimate of drug-likeness (QED) is 0.370. The van der Waals surface area contributed by atoms with Crippen molar-refractivity contribution < 1.29 is 29.0 Å². The molecule has 2 aliphatic heterocycles. The molecule has 0 aromatic carbocycles. The van der Waals surface area contributed by atoms with Crippen LogP contribution in [0.3, 0.4) is 0 Å². The average Bonchev–Trinajstić information content (AvgIpc) is 3.22. The summed E-state index contributed by atoms with van der Waals surface area (Å²) in [5, 5.41) is 20.6. The fourth-order valence-electron chi connectivity index (χ4n) is 4.50. The van der Waals surface area contributed by atoms with Gasteiger partial charge in [0.25, 0.3) is 6.33 Å². The molecular formula is C18H21N4O5S2+. The molecule has 0 radical (unpaired) electrons. The van der Waals surface area contributed by atoms with Crippen molar-refractivity contribution in [1.82, 2.24) is 9.47 Å². The molecule has 0 saturated carbocycles. The Bertz CT molecular complexity index is 1120. The second-order valence-electron chi connectivity index (χ2n) is 7.35. The summed E-state index contributed by atoms with van der Waals surface area (Å²) in [4.78, 5) is 39.2. The lowest BCUT2D eigenvalue weighted by Gasteiger charge is -2.46. The Morgan fingerprint density at radius 3 is 2.59 bits per heavy atom. The van der Waals surface area contributed by atoms with E-state index in [4.69, 9.17) is 5.73 Å². The lowest BCUT2D eigenvalue weighted by atomic mass is 9.77. The first-order chi connectivity index (χ1) is 13.6. The van der Waals surface area contributed by atoms with Crippen LogP contribution in [0.1, 0.15) is 24.4 Å². The first-order valence-corrected chi connectivity index (χ1v) is 11.0. The van der Waals surface area contributed by atoms with Crippen LogP contribution in [-0.4, -0.2) is 56.0 Å². The van der Waals surface area contributed by atoms with E-state index < -0.39 is 24.0 Å². The molecule has 154 valence electrons. The lowest BCUT2D eigenvalue weighted by Crippen LogP contribution is -2.63. The summed E-state index contributed by atoms with van der Waals surface area (Å²) in [5.41, 5.74) is 6.79. The van der Waals surface area contributed by atoms with Gasteiger partial charge >= 0.3 is 12.0 Å². The van der Waals surface area contributed by atoms with Gasteiger partial charge in [-0.2, -0.15) is 4.40 Å². The summed E-state index contributed by atoms with van der Waals surface area (Å²) >= 11 is 2.74. The van der Waals surface area contributed by atoms with Crippen molar-refractivity contribution in [2.45, 2.75) is 37.9 Å². The zero-order chi connectivity index (χ0) is 21.4. The summed E-state index contributed by atoms with van der Waals surface area (Å²) in [6.45, 7) is 5.29. The summed E-state index contributed by atoms with van der Waals surface area (Å²) in [6, 6.07) is -0.972. The predicted octanol–water partition coefficient (Wildman–Crippen LogP) is 0.899. The maximum absolute atomic E-state index is 12.6. The average molecular weight is 438 g/mol. The number of hydrogen-bond acceptors (Lipinski definition) is 6. The molecule has 0 spiro atoms. The number of primary amides is 1. The smallest absolute Gasteiger partial charge is 0.411 e. The number of aliphatic hydroxyl groups excluding tert-OH is 1. The Kier molecular flexibility index (Phi) is 4.52. The van der Waals surface area contributed by atoms with E-state index in [1.54, 1.807) is 13.3 Å². The Morgan fingerprint density at radius 2 is 2.07 bits per heavy atom. The van der Waals surface area contributed by atoms with Crippen LogP contribution in [0.5, 0.6) is 0 Å². The van der Waals surface area contributed by atoms with Crippen LogP contribution in [0.25, 0.3) is 10.4 Å². The third kappa shape index (κ3) is 2.50. The Morgan fingerprint density at radius 1 is 1.41 bits per heavy atom. The summed E-state index contributed by atoms with van der Waals surface area (Å²) in [6.07, 6.45) is 2.58. The molecule has 4 atom stereocenters. The number of thioether (sulfide) groups is 1. The highest BCUT2D eigenvalue weighted by molar-refractivity contribution is 7.98. The number of imidazole rings is 1. The van der Waals surface area contributed by atoms with E-state index >= 15 is 0 Å². The Balaban J connectivity index is 1.92. The van der Waals surface area contributed by atoms with Crippen LogP contribution in [0.4, 0.5) is 4.79 Å². The van der Waals surface area contributed by atoms with Crippen molar-refractivity contribution in [1.29, 1.82) is 0 Å². The fourth-order valence-corrected chi connectivity index (χ4v) is 6.78. The van der Waals surface area contributed by atoms with Crippen LogP contribution >= 0.6 is 23.1 Å². The van der Waals surface area contributed by atoms with E-state index in [1.165, 1.54) is 32.6 Å².